The molecule has 0 aromatic heterocycles. The fourth-order valence-corrected chi connectivity index (χ4v) is 0.924. The molecule has 0 saturated heterocycles. The van der Waals surface area contributed by atoms with E-state index in [4.69, 9.17) is 0 Å². The summed E-state index contributed by atoms with van der Waals surface area (Å²) in [5, 5.41) is 18.9. The van der Waals surface area contributed by atoms with Gasteiger partial charge in [-0.3, -0.25) is 0 Å². The third-order valence-corrected chi connectivity index (χ3v) is 1.77. The predicted molar refractivity (Wildman–Crippen MR) is 46.3 cm³/mol. The fraction of sp³-hybridized carbons (Fsp3) is 0.556. The summed E-state index contributed by atoms with van der Waals surface area (Å²) in [4.78, 5) is 0. The van der Waals surface area contributed by atoms with Crippen molar-refractivity contribution in [3.8, 4) is 0 Å². The molecule has 0 aromatic rings. The van der Waals surface area contributed by atoms with Crippen molar-refractivity contribution in [3.05, 3.63) is 25.3 Å². The van der Waals surface area contributed by atoms with Crippen LogP contribution in [0.15, 0.2) is 25.3 Å². The van der Waals surface area contributed by atoms with Gasteiger partial charge in [0.25, 0.3) is 0 Å². The minimum atomic E-state index is -1.08. The van der Waals surface area contributed by atoms with Crippen LogP contribution < -0.4 is 0 Å². The molecule has 0 aliphatic heterocycles. The Morgan fingerprint density at radius 3 is 1.91 bits per heavy atom. The van der Waals surface area contributed by atoms with Gasteiger partial charge < -0.3 is 10.2 Å². The average molecular weight is 156 g/mol. The summed E-state index contributed by atoms with van der Waals surface area (Å²) < 4.78 is 0. The number of aliphatic hydroxyl groups excluding tert-OH is 1. The SMILES string of the molecule is C=CCC(O)(CC=C)C(C)O. The molecule has 0 aromatic carbocycles. The van der Waals surface area contributed by atoms with E-state index in [1.807, 2.05) is 0 Å². The van der Waals surface area contributed by atoms with E-state index in [1.54, 1.807) is 19.1 Å². The molecule has 2 heteroatoms. The summed E-state index contributed by atoms with van der Waals surface area (Å²) in [5.41, 5.74) is -1.08. The molecule has 1 unspecified atom stereocenters. The molecule has 0 aliphatic rings. The van der Waals surface area contributed by atoms with Crippen LogP contribution in [0, 0.1) is 0 Å². The van der Waals surface area contributed by atoms with Crippen molar-refractivity contribution in [3.63, 3.8) is 0 Å². The van der Waals surface area contributed by atoms with Crippen molar-refractivity contribution in [1.82, 2.24) is 0 Å². The quantitative estimate of drug-likeness (QED) is 0.588. The summed E-state index contributed by atoms with van der Waals surface area (Å²) in [6.45, 7) is 8.57. The van der Waals surface area contributed by atoms with Crippen LogP contribution in [-0.2, 0) is 0 Å². The van der Waals surface area contributed by atoms with Gasteiger partial charge in [-0.25, -0.2) is 0 Å². The Morgan fingerprint density at radius 2 is 1.73 bits per heavy atom. The second-order valence-corrected chi connectivity index (χ2v) is 2.77. The van der Waals surface area contributed by atoms with Crippen LogP contribution in [0.5, 0.6) is 0 Å². The first-order valence-corrected chi connectivity index (χ1v) is 3.69. The van der Waals surface area contributed by atoms with Gasteiger partial charge in [0.05, 0.1) is 11.7 Å². The summed E-state index contributed by atoms with van der Waals surface area (Å²) in [6, 6.07) is 0. The smallest absolute Gasteiger partial charge is 0.0970 e. The Morgan fingerprint density at radius 1 is 1.36 bits per heavy atom. The van der Waals surface area contributed by atoms with E-state index in [1.165, 1.54) is 0 Å². The van der Waals surface area contributed by atoms with Gasteiger partial charge in [-0.2, -0.15) is 0 Å². The largest absolute Gasteiger partial charge is 0.390 e. The maximum atomic E-state index is 9.70. The molecule has 0 amide bonds. The van der Waals surface area contributed by atoms with Crippen LogP contribution in [0.25, 0.3) is 0 Å². The summed E-state index contributed by atoms with van der Waals surface area (Å²) in [7, 11) is 0. The van der Waals surface area contributed by atoms with Crippen LogP contribution in [0.4, 0.5) is 0 Å². The van der Waals surface area contributed by atoms with Gasteiger partial charge in [-0.05, 0) is 19.8 Å². The van der Waals surface area contributed by atoms with Gasteiger partial charge in [0, 0.05) is 0 Å². The molecule has 1 atom stereocenters. The Labute approximate surface area is 67.9 Å². The lowest BCUT2D eigenvalue weighted by Crippen LogP contribution is -2.39. The van der Waals surface area contributed by atoms with Crippen molar-refractivity contribution in [2.24, 2.45) is 0 Å². The van der Waals surface area contributed by atoms with Crippen LogP contribution in [0.3, 0.4) is 0 Å². The minimum Gasteiger partial charge on any atom is -0.390 e. The van der Waals surface area contributed by atoms with Crippen LogP contribution in [-0.4, -0.2) is 21.9 Å². The molecule has 2 nitrogen and oxygen atoms in total. The zero-order chi connectivity index (χ0) is 8.91. The highest BCUT2D eigenvalue weighted by Crippen LogP contribution is 2.20. The molecule has 0 saturated carbocycles. The monoisotopic (exact) mass is 156 g/mol. The molecule has 0 spiro atoms. The second kappa shape index (κ2) is 4.31. The molecule has 0 radical (unpaired) electrons. The normalized spacial score (nSPS) is 14.1. The summed E-state index contributed by atoms with van der Waals surface area (Å²) in [6.07, 6.45) is 3.21. The van der Waals surface area contributed by atoms with Crippen LogP contribution >= 0.6 is 0 Å². The molecule has 0 rings (SSSR count). The van der Waals surface area contributed by atoms with Gasteiger partial charge in [0.1, 0.15) is 0 Å². The van der Waals surface area contributed by atoms with E-state index in [2.05, 4.69) is 13.2 Å². The summed E-state index contributed by atoms with van der Waals surface area (Å²) in [5.74, 6) is 0. The van der Waals surface area contributed by atoms with Crippen molar-refractivity contribution in [1.29, 1.82) is 0 Å². The first-order chi connectivity index (χ1) is 5.06. The highest BCUT2D eigenvalue weighted by molar-refractivity contribution is 4.95. The third-order valence-electron chi connectivity index (χ3n) is 1.77. The van der Waals surface area contributed by atoms with E-state index in [-0.39, 0.29) is 0 Å². The van der Waals surface area contributed by atoms with Gasteiger partial charge >= 0.3 is 0 Å². The minimum absolute atomic E-state index is 0.386. The van der Waals surface area contributed by atoms with Crippen LogP contribution in [0.2, 0.25) is 0 Å². The Kier molecular flexibility index (Phi) is 4.08. The maximum absolute atomic E-state index is 9.70. The lowest BCUT2D eigenvalue weighted by Gasteiger charge is -2.28. The number of hydrogen-bond acceptors (Lipinski definition) is 2. The number of hydrogen-bond donors (Lipinski definition) is 2. The van der Waals surface area contributed by atoms with E-state index < -0.39 is 11.7 Å². The predicted octanol–water partition coefficient (Wildman–Crippen LogP) is 1.25. The fourth-order valence-electron chi connectivity index (χ4n) is 0.924. The highest BCUT2D eigenvalue weighted by atomic mass is 16.3. The van der Waals surface area contributed by atoms with Crippen molar-refractivity contribution in [2.75, 3.05) is 0 Å². The van der Waals surface area contributed by atoms with Crippen molar-refractivity contribution in [2.45, 2.75) is 31.5 Å². The van der Waals surface area contributed by atoms with Gasteiger partial charge in [-0.15, -0.1) is 13.2 Å². The second-order valence-electron chi connectivity index (χ2n) is 2.77. The molecule has 0 bridgehead atoms. The van der Waals surface area contributed by atoms with Gasteiger partial charge in [-0.1, -0.05) is 12.2 Å². The zero-order valence-corrected chi connectivity index (χ0v) is 6.95. The number of rotatable bonds is 5. The molecule has 64 valence electrons. The topological polar surface area (TPSA) is 40.5 Å². The van der Waals surface area contributed by atoms with E-state index in [9.17, 15) is 10.2 Å². The Hall–Kier alpha value is -0.600. The molecule has 0 fully saturated rings. The first-order valence-electron chi connectivity index (χ1n) is 3.69. The number of aliphatic hydroxyl groups is 2. The average Bonchev–Trinajstić information content (AvgIpc) is 1.88. The highest BCUT2D eigenvalue weighted by Gasteiger charge is 2.29. The van der Waals surface area contributed by atoms with Crippen molar-refractivity contribution < 1.29 is 10.2 Å². The molecular formula is C9H16O2. The van der Waals surface area contributed by atoms with Gasteiger partial charge in [0.2, 0.25) is 0 Å². The molecule has 11 heavy (non-hydrogen) atoms. The maximum Gasteiger partial charge on any atom is 0.0970 e. The molecule has 0 aliphatic carbocycles. The third kappa shape index (κ3) is 2.87. The van der Waals surface area contributed by atoms with Gasteiger partial charge in [0.15, 0.2) is 0 Å². The Bertz CT molecular complexity index is 128. The zero-order valence-electron chi connectivity index (χ0n) is 6.95. The molecule has 0 heterocycles. The lowest BCUT2D eigenvalue weighted by atomic mass is 9.90. The summed E-state index contributed by atoms with van der Waals surface area (Å²) >= 11 is 0. The lowest BCUT2D eigenvalue weighted by molar-refractivity contribution is -0.0612. The molecular weight excluding hydrogens is 140 g/mol. The standard InChI is InChI=1S/C9H16O2/c1-4-6-9(11,7-5-2)8(3)10/h4-5,8,10-11H,1-2,6-7H2,3H3. The van der Waals surface area contributed by atoms with Crippen molar-refractivity contribution >= 4 is 0 Å². The van der Waals surface area contributed by atoms with E-state index >= 15 is 0 Å². The first kappa shape index (κ1) is 10.4. The molecule has 2 N–H and O–H groups in total. The Balaban J connectivity index is 4.23. The van der Waals surface area contributed by atoms with E-state index in [0.717, 1.165) is 0 Å². The van der Waals surface area contributed by atoms with E-state index in [0.29, 0.717) is 12.8 Å². The van der Waals surface area contributed by atoms with Crippen LogP contribution in [0.1, 0.15) is 19.8 Å².